The summed E-state index contributed by atoms with van der Waals surface area (Å²) in [5.74, 6) is -0.675. The van der Waals surface area contributed by atoms with Crippen molar-refractivity contribution >= 4 is 17.6 Å². The molecule has 0 heterocycles. The van der Waals surface area contributed by atoms with Crippen LogP contribution in [0, 0.1) is 5.92 Å². The number of aliphatic carboxylic acids is 1. The second-order valence-electron chi connectivity index (χ2n) is 3.20. The minimum Gasteiger partial charge on any atom is -0.478 e. The summed E-state index contributed by atoms with van der Waals surface area (Å²) in [6, 6.07) is 0. The summed E-state index contributed by atoms with van der Waals surface area (Å²) in [4.78, 5) is 10.7. The van der Waals surface area contributed by atoms with Gasteiger partial charge in [-0.15, -0.1) is 0 Å². The Morgan fingerprint density at radius 2 is 1.92 bits per heavy atom. The molecule has 1 N–H and O–H groups in total. The maximum absolute atomic E-state index is 10.7. The van der Waals surface area contributed by atoms with E-state index in [9.17, 15) is 4.79 Å². The summed E-state index contributed by atoms with van der Waals surface area (Å²) in [5, 5.41) is 8.77. The highest BCUT2D eigenvalue weighted by Gasteiger charge is 2.21. The highest BCUT2D eigenvalue weighted by Crippen LogP contribution is 2.29. The molecule has 2 nitrogen and oxygen atoms in total. The van der Waals surface area contributed by atoms with Crippen molar-refractivity contribution < 1.29 is 9.90 Å². The minimum atomic E-state index is -0.864. The molecule has 0 aromatic carbocycles. The van der Waals surface area contributed by atoms with E-state index in [4.69, 9.17) is 16.7 Å². The maximum Gasteiger partial charge on any atom is 0.332 e. The van der Waals surface area contributed by atoms with Crippen LogP contribution in [0.3, 0.4) is 0 Å². The monoisotopic (exact) mass is 188 g/mol. The molecule has 12 heavy (non-hydrogen) atoms. The fraction of sp³-hybridized carbons (Fsp3) is 0.667. The third-order valence-corrected chi connectivity index (χ3v) is 2.64. The van der Waals surface area contributed by atoms with E-state index in [1.807, 2.05) is 0 Å². The van der Waals surface area contributed by atoms with E-state index in [1.54, 1.807) is 0 Å². The van der Waals surface area contributed by atoms with Gasteiger partial charge < -0.3 is 5.11 Å². The van der Waals surface area contributed by atoms with Crippen LogP contribution in [0.1, 0.15) is 32.1 Å². The van der Waals surface area contributed by atoms with Crippen molar-refractivity contribution in [2.24, 2.45) is 5.92 Å². The largest absolute Gasteiger partial charge is 0.478 e. The fourth-order valence-corrected chi connectivity index (χ4v) is 2.00. The lowest BCUT2D eigenvalue weighted by atomic mass is 9.84. The first-order chi connectivity index (χ1) is 5.75. The van der Waals surface area contributed by atoms with Crippen LogP contribution in [0.25, 0.3) is 0 Å². The van der Waals surface area contributed by atoms with Crippen molar-refractivity contribution in [1.82, 2.24) is 0 Å². The lowest BCUT2D eigenvalue weighted by Gasteiger charge is -2.21. The Kier molecular flexibility index (Phi) is 3.60. The minimum absolute atomic E-state index is 0.189. The van der Waals surface area contributed by atoms with Crippen LogP contribution in [0.15, 0.2) is 11.1 Å². The molecule has 0 amide bonds. The zero-order valence-electron chi connectivity index (χ0n) is 6.92. The van der Waals surface area contributed by atoms with E-state index in [0.717, 1.165) is 25.7 Å². The van der Waals surface area contributed by atoms with E-state index >= 15 is 0 Å². The summed E-state index contributed by atoms with van der Waals surface area (Å²) < 4.78 is 0. The second kappa shape index (κ2) is 4.51. The van der Waals surface area contributed by atoms with E-state index < -0.39 is 5.97 Å². The van der Waals surface area contributed by atoms with Crippen molar-refractivity contribution in [3.63, 3.8) is 0 Å². The van der Waals surface area contributed by atoms with Crippen molar-refractivity contribution in [3.05, 3.63) is 11.1 Å². The van der Waals surface area contributed by atoms with Gasteiger partial charge in [0.2, 0.25) is 0 Å². The molecule has 0 aromatic rings. The topological polar surface area (TPSA) is 37.3 Å². The van der Waals surface area contributed by atoms with E-state index in [0.29, 0.717) is 5.57 Å². The molecule has 0 spiro atoms. The van der Waals surface area contributed by atoms with Crippen molar-refractivity contribution in [1.29, 1.82) is 0 Å². The van der Waals surface area contributed by atoms with Gasteiger partial charge in [0.15, 0.2) is 0 Å². The third-order valence-electron chi connectivity index (χ3n) is 2.41. The van der Waals surface area contributed by atoms with Gasteiger partial charge in [-0.25, -0.2) is 4.79 Å². The lowest BCUT2D eigenvalue weighted by Crippen LogP contribution is -2.15. The van der Waals surface area contributed by atoms with Crippen molar-refractivity contribution in [3.8, 4) is 0 Å². The van der Waals surface area contributed by atoms with Crippen molar-refractivity contribution in [2.45, 2.75) is 32.1 Å². The van der Waals surface area contributed by atoms with Gasteiger partial charge in [-0.3, -0.25) is 0 Å². The number of carboxylic acid groups (broad SMARTS) is 1. The van der Waals surface area contributed by atoms with Crippen LogP contribution in [-0.2, 0) is 4.79 Å². The first kappa shape index (κ1) is 9.59. The number of carbonyl (C=O) groups is 1. The Bertz CT molecular complexity index is 193. The van der Waals surface area contributed by atoms with Gasteiger partial charge in [-0.1, -0.05) is 30.9 Å². The molecule has 3 heteroatoms. The summed E-state index contributed by atoms with van der Waals surface area (Å²) in [6.07, 6.45) is 5.44. The molecule has 68 valence electrons. The standard InChI is InChI=1S/C9H13ClO2/c10-6-8(9(11)12)7-4-2-1-3-5-7/h6-7H,1-5H2,(H,11,12). The van der Waals surface area contributed by atoms with Crippen LogP contribution in [0.5, 0.6) is 0 Å². The molecule has 0 aliphatic heterocycles. The Balaban J connectivity index is 2.59. The van der Waals surface area contributed by atoms with Crippen molar-refractivity contribution in [2.75, 3.05) is 0 Å². The molecule has 1 rings (SSSR count). The zero-order chi connectivity index (χ0) is 8.97. The molecule has 1 aliphatic rings. The third kappa shape index (κ3) is 2.24. The average molecular weight is 189 g/mol. The normalized spacial score (nSPS) is 20.9. The molecule has 0 bridgehead atoms. The lowest BCUT2D eigenvalue weighted by molar-refractivity contribution is -0.133. The molecule has 1 fully saturated rings. The van der Waals surface area contributed by atoms with Gasteiger partial charge in [0.05, 0.1) is 5.57 Å². The van der Waals surface area contributed by atoms with Gasteiger partial charge in [0.25, 0.3) is 0 Å². The van der Waals surface area contributed by atoms with Gasteiger partial charge in [-0.05, 0) is 18.8 Å². The molecule has 0 saturated heterocycles. The van der Waals surface area contributed by atoms with Crippen LogP contribution < -0.4 is 0 Å². The van der Waals surface area contributed by atoms with E-state index in [1.165, 1.54) is 12.0 Å². The molecule has 0 aromatic heterocycles. The highest BCUT2D eigenvalue weighted by molar-refractivity contribution is 6.27. The van der Waals surface area contributed by atoms with Gasteiger partial charge in [-0.2, -0.15) is 0 Å². The van der Waals surface area contributed by atoms with Crippen LogP contribution in [0.2, 0.25) is 0 Å². The van der Waals surface area contributed by atoms with Crippen LogP contribution in [0.4, 0.5) is 0 Å². The Labute approximate surface area is 77.2 Å². The number of halogens is 1. The summed E-state index contributed by atoms with van der Waals surface area (Å²) >= 11 is 5.45. The predicted octanol–water partition coefficient (Wildman–Crippen LogP) is 2.77. The summed E-state index contributed by atoms with van der Waals surface area (Å²) in [7, 11) is 0. The van der Waals surface area contributed by atoms with E-state index in [-0.39, 0.29) is 5.92 Å². The van der Waals surface area contributed by atoms with Crippen LogP contribution in [-0.4, -0.2) is 11.1 Å². The Hall–Kier alpha value is -0.500. The Morgan fingerprint density at radius 1 is 1.33 bits per heavy atom. The molecule has 0 atom stereocenters. The fourth-order valence-electron chi connectivity index (χ4n) is 1.72. The summed E-state index contributed by atoms with van der Waals surface area (Å²) in [5.41, 5.74) is 1.61. The second-order valence-corrected chi connectivity index (χ2v) is 3.42. The van der Waals surface area contributed by atoms with Gasteiger partial charge >= 0.3 is 5.97 Å². The number of rotatable bonds is 2. The number of hydrogen-bond donors (Lipinski definition) is 1. The Morgan fingerprint density at radius 3 is 2.33 bits per heavy atom. The number of carboxylic acids is 1. The SMILES string of the molecule is O=C(O)C(=CCl)C1CCCCC1. The van der Waals surface area contributed by atoms with Gasteiger partial charge in [0.1, 0.15) is 0 Å². The first-order valence-electron chi connectivity index (χ1n) is 4.29. The quantitative estimate of drug-likeness (QED) is 0.677. The molecular formula is C9H13ClO2. The van der Waals surface area contributed by atoms with Gasteiger partial charge in [0, 0.05) is 5.54 Å². The predicted molar refractivity (Wildman–Crippen MR) is 48.1 cm³/mol. The number of hydrogen-bond acceptors (Lipinski definition) is 1. The average Bonchev–Trinajstić information content (AvgIpc) is 2.07. The smallest absolute Gasteiger partial charge is 0.332 e. The van der Waals surface area contributed by atoms with Crippen LogP contribution >= 0.6 is 11.6 Å². The zero-order valence-corrected chi connectivity index (χ0v) is 7.68. The molecular weight excluding hydrogens is 176 g/mol. The summed E-state index contributed by atoms with van der Waals surface area (Å²) in [6.45, 7) is 0. The highest BCUT2D eigenvalue weighted by atomic mass is 35.5. The maximum atomic E-state index is 10.7. The molecule has 1 saturated carbocycles. The molecule has 1 aliphatic carbocycles. The first-order valence-corrected chi connectivity index (χ1v) is 4.73. The molecule has 0 unspecified atom stereocenters. The molecule has 0 radical (unpaired) electrons. The van der Waals surface area contributed by atoms with E-state index in [2.05, 4.69) is 0 Å².